The third kappa shape index (κ3) is 3.64. The SMILES string of the molecule is CNCC(C)C(=O)NCc1sccc1C. The van der Waals surface area contributed by atoms with Crippen molar-refractivity contribution in [2.24, 2.45) is 5.92 Å². The van der Waals surface area contributed by atoms with Crippen LogP contribution in [0.3, 0.4) is 0 Å². The third-order valence-corrected chi connectivity index (χ3v) is 3.37. The number of hydrogen-bond acceptors (Lipinski definition) is 3. The lowest BCUT2D eigenvalue weighted by molar-refractivity contribution is -0.124. The van der Waals surface area contributed by atoms with Gasteiger partial charge in [-0.15, -0.1) is 11.3 Å². The molecule has 0 bridgehead atoms. The van der Waals surface area contributed by atoms with Gasteiger partial charge in [0.05, 0.1) is 6.54 Å². The van der Waals surface area contributed by atoms with Crippen molar-refractivity contribution in [1.82, 2.24) is 10.6 Å². The molecule has 0 radical (unpaired) electrons. The largest absolute Gasteiger partial charge is 0.351 e. The Morgan fingerprint density at radius 2 is 2.33 bits per heavy atom. The molecule has 0 fully saturated rings. The van der Waals surface area contributed by atoms with Crippen LogP contribution in [0.5, 0.6) is 0 Å². The minimum absolute atomic E-state index is 0.0234. The van der Waals surface area contributed by atoms with Crippen LogP contribution in [0.4, 0.5) is 0 Å². The highest BCUT2D eigenvalue weighted by atomic mass is 32.1. The van der Waals surface area contributed by atoms with Crippen molar-refractivity contribution in [3.8, 4) is 0 Å². The zero-order valence-electron chi connectivity index (χ0n) is 9.46. The lowest BCUT2D eigenvalue weighted by Gasteiger charge is -2.11. The summed E-state index contributed by atoms with van der Waals surface area (Å²) in [5.74, 6) is 0.132. The molecule has 4 heteroatoms. The van der Waals surface area contributed by atoms with E-state index in [0.717, 1.165) is 6.54 Å². The van der Waals surface area contributed by atoms with Crippen LogP contribution in [0.25, 0.3) is 0 Å². The molecule has 1 atom stereocenters. The fourth-order valence-electron chi connectivity index (χ4n) is 1.33. The number of carbonyl (C=O) groups is 1. The van der Waals surface area contributed by atoms with Crippen LogP contribution >= 0.6 is 11.3 Å². The van der Waals surface area contributed by atoms with Crippen LogP contribution in [0.2, 0.25) is 0 Å². The molecule has 0 aliphatic carbocycles. The van der Waals surface area contributed by atoms with E-state index < -0.39 is 0 Å². The first-order chi connectivity index (χ1) is 7.15. The Labute approximate surface area is 94.9 Å². The summed E-state index contributed by atoms with van der Waals surface area (Å²) in [5.41, 5.74) is 1.25. The van der Waals surface area contributed by atoms with E-state index in [1.165, 1.54) is 10.4 Å². The average molecular weight is 226 g/mol. The number of hydrogen-bond donors (Lipinski definition) is 2. The van der Waals surface area contributed by atoms with E-state index in [2.05, 4.69) is 23.6 Å². The zero-order chi connectivity index (χ0) is 11.3. The summed E-state index contributed by atoms with van der Waals surface area (Å²) < 4.78 is 0. The van der Waals surface area contributed by atoms with Gasteiger partial charge >= 0.3 is 0 Å². The van der Waals surface area contributed by atoms with Crippen LogP contribution in [0.1, 0.15) is 17.4 Å². The molecule has 15 heavy (non-hydrogen) atoms. The topological polar surface area (TPSA) is 41.1 Å². The van der Waals surface area contributed by atoms with Crippen LogP contribution in [-0.2, 0) is 11.3 Å². The summed E-state index contributed by atoms with van der Waals surface area (Å²) in [6, 6.07) is 2.07. The van der Waals surface area contributed by atoms with Gasteiger partial charge in [0, 0.05) is 17.3 Å². The molecule has 1 aromatic heterocycles. The number of thiophene rings is 1. The quantitative estimate of drug-likeness (QED) is 0.799. The van der Waals surface area contributed by atoms with Crippen molar-refractivity contribution in [2.45, 2.75) is 20.4 Å². The third-order valence-electron chi connectivity index (χ3n) is 2.35. The van der Waals surface area contributed by atoms with Crippen molar-refractivity contribution in [3.05, 3.63) is 21.9 Å². The predicted octanol–water partition coefficient (Wildman–Crippen LogP) is 1.53. The molecule has 0 saturated carbocycles. The number of rotatable bonds is 5. The number of amides is 1. The van der Waals surface area contributed by atoms with Crippen LogP contribution < -0.4 is 10.6 Å². The van der Waals surface area contributed by atoms with Crippen molar-refractivity contribution in [1.29, 1.82) is 0 Å². The van der Waals surface area contributed by atoms with Gasteiger partial charge in [0.2, 0.25) is 5.91 Å². The van der Waals surface area contributed by atoms with Crippen molar-refractivity contribution in [2.75, 3.05) is 13.6 Å². The zero-order valence-corrected chi connectivity index (χ0v) is 10.3. The molecule has 0 aliphatic heterocycles. The molecule has 0 aliphatic rings. The molecule has 1 rings (SSSR count). The van der Waals surface area contributed by atoms with Gasteiger partial charge in [-0.2, -0.15) is 0 Å². The molecule has 2 N–H and O–H groups in total. The summed E-state index contributed by atoms with van der Waals surface area (Å²) in [5, 5.41) is 7.99. The molecule has 84 valence electrons. The van der Waals surface area contributed by atoms with E-state index >= 15 is 0 Å². The molecule has 3 nitrogen and oxygen atoms in total. The maximum absolute atomic E-state index is 11.6. The summed E-state index contributed by atoms with van der Waals surface area (Å²) >= 11 is 1.69. The second-order valence-electron chi connectivity index (χ2n) is 3.70. The second-order valence-corrected chi connectivity index (χ2v) is 4.70. The summed E-state index contributed by atoms with van der Waals surface area (Å²) in [7, 11) is 1.85. The van der Waals surface area contributed by atoms with E-state index in [9.17, 15) is 4.79 Å². The second kappa shape index (κ2) is 5.88. The Hall–Kier alpha value is -0.870. The van der Waals surface area contributed by atoms with Gasteiger partial charge in [0.25, 0.3) is 0 Å². The van der Waals surface area contributed by atoms with Gasteiger partial charge in [-0.1, -0.05) is 6.92 Å². The molecule has 1 heterocycles. The van der Waals surface area contributed by atoms with E-state index in [4.69, 9.17) is 0 Å². The maximum Gasteiger partial charge on any atom is 0.224 e. The first-order valence-electron chi connectivity index (χ1n) is 5.10. The van der Waals surface area contributed by atoms with E-state index in [1.54, 1.807) is 11.3 Å². The van der Waals surface area contributed by atoms with E-state index in [1.807, 2.05) is 19.4 Å². The fraction of sp³-hybridized carbons (Fsp3) is 0.545. The van der Waals surface area contributed by atoms with Crippen molar-refractivity contribution >= 4 is 17.2 Å². The predicted molar refractivity (Wildman–Crippen MR) is 64.0 cm³/mol. The minimum Gasteiger partial charge on any atom is -0.351 e. The van der Waals surface area contributed by atoms with Gasteiger partial charge in [-0.05, 0) is 31.0 Å². The summed E-state index contributed by atoms with van der Waals surface area (Å²) in [6.07, 6.45) is 0. The molecule has 1 unspecified atom stereocenters. The fourth-order valence-corrected chi connectivity index (χ4v) is 2.17. The number of nitrogens with one attached hydrogen (secondary N) is 2. The van der Waals surface area contributed by atoms with Crippen LogP contribution in [0, 0.1) is 12.8 Å². The Kier molecular flexibility index (Phi) is 4.78. The lowest BCUT2D eigenvalue weighted by Crippen LogP contribution is -2.33. The first-order valence-corrected chi connectivity index (χ1v) is 5.98. The van der Waals surface area contributed by atoms with Crippen LogP contribution in [-0.4, -0.2) is 19.5 Å². The van der Waals surface area contributed by atoms with Crippen LogP contribution in [0.15, 0.2) is 11.4 Å². The standard InChI is InChI=1S/C11H18N2OS/c1-8-4-5-15-10(8)7-13-11(14)9(2)6-12-3/h4-5,9,12H,6-7H2,1-3H3,(H,13,14). The Bertz CT molecular complexity index is 322. The highest BCUT2D eigenvalue weighted by Crippen LogP contribution is 2.14. The summed E-state index contributed by atoms with van der Waals surface area (Å²) in [6.45, 7) is 5.35. The van der Waals surface area contributed by atoms with Gasteiger partial charge in [0.15, 0.2) is 0 Å². The Balaban J connectivity index is 2.37. The van der Waals surface area contributed by atoms with E-state index in [-0.39, 0.29) is 11.8 Å². The van der Waals surface area contributed by atoms with Gasteiger partial charge in [-0.25, -0.2) is 0 Å². The molecule has 0 saturated heterocycles. The Morgan fingerprint density at radius 1 is 1.60 bits per heavy atom. The average Bonchev–Trinajstić information content (AvgIpc) is 2.61. The minimum atomic E-state index is 0.0234. The molecule has 1 amide bonds. The van der Waals surface area contributed by atoms with Crippen molar-refractivity contribution in [3.63, 3.8) is 0 Å². The van der Waals surface area contributed by atoms with E-state index in [0.29, 0.717) is 6.54 Å². The van der Waals surface area contributed by atoms with Crippen molar-refractivity contribution < 1.29 is 4.79 Å². The monoisotopic (exact) mass is 226 g/mol. The maximum atomic E-state index is 11.6. The highest BCUT2D eigenvalue weighted by Gasteiger charge is 2.11. The first kappa shape index (κ1) is 12.2. The number of aryl methyl sites for hydroxylation is 1. The van der Waals surface area contributed by atoms with Gasteiger partial charge in [-0.3, -0.25) is 4.79 Å². The van der Waals surface area contributed by atoms with Gasteiger partial charge < -0.3 is 10.6 Å². The molecular formula is C11H18N2OS. The van der Waals surface area contributed by atoms with Gasteiger partial charge in [0.1, 0.15) is 0 Å². The molecule has 1 aromatic rings. The molecular weight excluding hydrogens is 208 g/mol. The summed E-state index contributed by atoms with van der Waals surface area (Å²) in [4.78, 5) is 12.8. The molecule has 0 spiro atoms. The normalized spacial score (nSPS) is 12.5. The Morgan fingerprint density at radius 3 is 2.87 bits per heavy atom. The molecule has 0 aromatic carbocycles. The highest BCUT2D eigenvalue weighted by molar-refractivity contribution is 7.10. The number of carbonyl (C=O) groups excluding carboxylic acids is 1. The smallest absolute Gasteiger partial charge is 0.224 e. The lowest BCUT2D eigenvalue weighted by atomic mass is 10.1.